The summed E-state index contributed by atoms with van der Waals surface area (Å²) in [7, 11) is 1.66. The van der Waals surface area contributed by atoms with Crippen LogP contribution in [0.5, 0.6) is 5.75 Å². The second kappa shape index (κ2) is 7.03. The van der Waals surface area contributed by atoms with Crippen LogP contribution in [0.3, 0.4) is 0 Å². The first-order chi connectivity index (χ1) is 13.2. The molecule has 134 valence electrons. The fourth-order valence-electron chi connectivity index (χ4n) is 2.99. The third-order valence-corrected chi connectivity index (χ3v) is 4.62. The molecule has 0 unspecified atom stereocenters. The van der Waals surface area contributed by atoms with Gasteiger partial charge in [-0.15, -0.1) is 10.2 Å². The van der Waals surface area contributed by atoms with Gasteiger partial charge in [-0.25, -0.2) is 4.98 Å². The molecule has 4 aromatic rings. The Kier molecular flexibility index (Phi) is 4.42. The van der Waals surface area contributed by atoms with E-state index in [1.807, 2.05) is 65.2 Å². The topological polar surface area (TPSA) is 51.2 Å². The van der Waals surface area contributed by atoms with Crippen LogP contribution in [0.4, 0.5) is 11.5 Å². The van der Waals surface area contributed by atoms with Crippen molar-refractivity contribution < 1.29 is 4.74 Å². The maximum absolute atomic E-state index is 5.52. The number of hydrogen-bond donors (Lipinski definition) is 0. The summed E-state index contributed by atoms with van der Waals surface area (Å²) in [6.45, 7) is 4.16. The van der Waals surface area contributed by atoms with Crippen molar-refractivity contribution in [2.45, 2.75) is 13.8 Å². The smallest absolute Gasteiger partial charge is 0.187 e. The zero-order valence-corrected chi connectivity index (χ0v) is 15.5. The Morgan fingerprint density at radius 2 is 1.70 bits per heavy atom. The number of hydrogen-bond acceptors (Lipinski definition) is 4. The number of fused-ring (bicyclic) bond motifs is 1. The molecule has 2 aromatic carbocycles. The Balaban J connectivity index is 1.88. The van der Waals surface area contributed by atoms with Crippen LogP contribution in [0.1, 0.15) is 11.1 Å². The molecule has 0 saturated heterocycles. The fraction of sp³-hybridized carbons (Fsp3) is 0.136. The van der Waals surface area contributed by atoms with Gasteiger partial charge in [-0.2, -0.15) is 0 Å². The molecule has 0 aliphatic rings. The average Bonchev–Trinajstić information content (AvgIpc) is 3.07. The highest BCUT2D eigenvalue weighted by Gasteiger charge is 2.17. The van der Waals surface area contributed by atoms with Crippen LogP contribution in [0.25, 0.3) is 16.9 Å². The standard InChI is InChI=1S/C22H20N4O/c1-15-11-12-17(14-16(15)2)24-25-22-21(18-8-4-5-9-19(18)27-3)23-20-10-6-7-13-26(20)22/h4-14H,1-3H3. The van der Waals surface area contributed by atoms with Crippen LogP contribution in [0.15, 0.2) is 77.1 Å². The number of aryl methyl sites for hydroxylation is 2. The summed E-state index contributed by atoms with van der Waals surface area (Å²) in [4.78, 5) is 4.76. The van der Waals surface area contributed by atoms with Crippen molar-refractivity contribution in [1.29, 1.82) is 0 Å². The maximum Gasteiger partial charge on any atom is 0.187 e. The number of para-hydroxylation sites is 1. The molecule has 0 amide bonds. The highest BCUT2D eigenvalue weighted by molar-refractivity contribution is 5.78. The minimum atomic E-state index is 0.674. The molecule has 27 heavy (non-hydrogen) atoms. The molecular formula is C22H20N4O. The van der Waals surface area contributed by atoms with Crippen LogP contribution in [0.2, 0.25) is 0 Å². The summed E-state index contributed by atoms with van der Waals surface area (Å²) < 4.78 is 7.46. The normalized spacial score (nSPS) is 11.4. The van der Waals surface area contributed by atoms with Crippen molar-refractivity contribution in [2.24, 2.45) is 10.2 Å². The van der Waals surface area contributed by atoms with Crippen molar-refractivity contribution >= 4 is 17.2 Å². The van der Waals surface area contributed by atoms with Gasteiger partial charge in [0, 0.05) is 11.8 Å². The average molecular weight is 356 g/mol. The van der Waals surface area contributed by atoms with Crippen LogP contribution in [-0.2, 0) is 0 Å². The van der Waals surface area contributed by atoms with E-state index in [1.165, 1.54) is 11.1 Å². The van der Waals surface area contributed by atoms with Crippen LogP contribution < -0.4 is 4.74 Å². The molecule has 0 bridgehead atoms. The number of pyridine rings is 1. The number of nitrogens with zero attached hydrogens (tertiary/aromatic N) is 4. The van der Waals surface area contributed by atoms with Crippen molar-refractivity contribution in [1.82, 2.24) is 9.38 Å². The molecule has 0 atom stereocenters. The summed E-state index contributed by atoms with van der Waals surface area (Å²) in [6, 6.07) is 19.7. The lowest BCUT2D eigenvalue weighted by molar-refractivity contribution is 0.416. The van der Waals surface area contributed by atoms with Gasteiger partial charge in [0.1, 0.15) is 17.1 Å². The van der Waals surface area contributed by atoms with Crippen molar-refractivity contribution in [3.63, 3.8) is 0 Å². The highest BCUT2D eigenvalue weighted by atomic mass is 16.5. The van der Waals surface area contributed by atoms with E-state index >= 15 is 0 Å². The molecule has 5 nitrogen and oxygen atoms in total. The molecule has 5 heteroatoms. The molecule has 0 fully saturated rings. The zero-order valence-electron chi connectivity index (χ0n) is 15.5. The van der Waals surface area contributed by atoms with Gasteiger partial charge in [0.2, 0.25) is 0 Å². The lowest BCUT2D eigenvalue weighted by Crippen LogP contribution is -1.88. The van der Waals surface area contributed by atoms with E-state index in [0.717, 1.165) is 28.3 Å². The molecule has 0 aliphatic carbocycles. The lowest BCUT2D eigenvalue weighted by atomic mass is 10.1. The number of aromatic nitrogens is 2. The largest absolute Gasteiger partial charge is 0.496 e. The first-order valence-electron chi connectivity index (χ1n) is 8.77. The van der Waals surface area contributed by atoms with E-state index in [4.69, 9.17) is 9.72 Å². The number of rotatable bonds is 4. The first-order valence-corrected chi connectivity index (χ1v) is 8.77. The SMILES string of the molecule is COc1ccccc1-c1nc2ccccn2c1N=Nc1ccc(C)c(C)c1. The van der Waals surface area contributed by atoms with Crippen LogP contribution >= 0.6 is 0 Å². The van der Waals surface area contributed by atoms with E-state index in [-0.39, 0.29) is 0 Å². The van der Waals surface area contributed by atoms with E-state index in [1.54, 1.807) is 7.11 Å². The Hall–Kier alpha value is -3.47. The Labute approximate surface area is 158 Å². The van der Waals surface area contributed by atoms with Crippen LogP contribution in [-0.4, -0.2) is 16.5 Å². The van der Waals surface area contributed by atoms with Crippen molar-refractivity contribution in [2.75, 3.05) is 7.11 Å². The second-order valence-electron chi connectivity index (χ2n) is 6.38. The monoisotopic (exact) mass is 356 g/mol. The third kappa shape index (κ3) is 3.19. The summed E-state index contributed by atoms with van der Waals surface area (Å²) in [5.41, 5.74) is 5.68. The molecule has 2 aromatic heterocycles. The van der Waals surface area contributed by atoms with Gasteiger partial charge in [0.05, 0.1) is 12.8 Å². The molecule has 0 radical (unpaired) electrons. The maximum atomic E-state index is 5.52. The number of imidazole rings is 1. The summed E-state index contributed by atoms with van der Waals surface area (Å²) >= 11 is 0. The molecule has 4 rings (SSSR count). The van der Waals surface area contributed by atoms with Crippen molar-refractivity contribution in [3.05, 3.63) is 78.0 Å². The molecule has 0 spiro atoms. The predicted molar refractivity (Wildman–Crippen MR) is 107 cm³/mol. The molecule has 0 aliphatic heterocycles. The van der Waals surface area contributed by atoms with Crippen LogP contribution in [0, 0.1) is 13.8 Å². The van der Waals surface area contributed by atoms with Crippen molar-refractivity contribution in [3.8, 4) is 17.0 Å². The Bertz CT molecular complexity index is 1140. The molecule has 0 N–H and O–H groups in total. The quantitative estimate of drug-likeness (QED) is 0.418. The second-order valence-corrected chi connectivity index (χ2v) is 6.38. The van der Waals surface area contributed by atoms with Gasteiger partial charge in [0.15, 0.2) is 5.82 Å². The van der Waals surface area contributed by atoms with E-state index in [2.05, 4.69) is 30.1 Å². The molecular weight excluding hydrogens is 336 g/mol. The van der Waals surface area contributed by atoms with E-state index in [9.17, 15) is 0 Å². The van der Waals surface area contributed by atoms with E-state index < -0.39 is 0 Å². The minimum absolute atomic E-state index is 0.674. The fourth-order valence-corrected chi connectivity index (χ4v) is 2.99. The zero-order chi connectivity index (χ0) is 18.8. The summed E-state index contributed by atoms with van der Waals surface area (Å²) in [5.74, 6) is 1.43. The first kappa shape index (κ1) is 17.0. The summed E-state index contributed by atoms with van der Waals surface area (Å²) in [6.07, 6.45) is 1.94. The number of benzene rings is 2. The minimum Gasteiger partial charge on any atom is -0.496 e. The molecule has 0 saturated carbocycles. The predicted octanol–water partition coefficient (Wildman–Crippen LogP) is 6.04. The number of methoxy groups -OCH3 is 1. The number of ether oxygens (including phenoxy) is 1. The Morgan fingerprint density at radius 1 is 0.889 bits per heavy atom. The van der Waals surface area contributed by atoms with Gasteiger partial charge in [0.25, 0.3) is 0 Å². The van der Waals surface area contributed by atoms with Gasteiger partial charge in [-0.05, 0) is 61.4 Å². The lowest BCUT2D eigenvalue weighted by Gasteiger charge is -2.06. The highest BCUT2D eigenvalue weighted by Crippen LogP contribution is 2.37. The van der Waals surface area contributed by atoms with E-state index in [0.29, 0.717) is 5.82 Å². The molecule has 2 heterocycles. The van der Waals surface area contributed by atoms with Gasteiger partial charge in [-0.3, -0.25) is 4.40 Å². The Morgan fingerprint density at radius 3 is 2.52 bits per heavy atom. The van der Waals surface area contributed by atoms with Gasteiger partial charge < -0.3 is 4.74 Å². The summed E-state index contributed by atoms with van der Waals surface area (Å²) in [5, 5.41) is 9.02. The van der Waals surface area contributed by atoms with Gasteiger partial charge >= 0.3 is 0 Å². The third-order valence-electron chi connectivity index (χ3n) is 4.62. The van der Waals surface area contributed by atoms with Gasteiger partial charge in [-0.1, -0.05) is 24.3 Å². The number of azo groups is 1.